The molecule has 82 valence electrons. The Hall–Kier alpha value is -2.23. The van der Waals surface area contributed by atoms with Crippen molar-refractivity contribution < 1.29 is 9.90 Å². The number of carboxylic acids is 1. The molecule has 0 spiro atoms. The molecule has 2 rings (SSSR count). The van der Waals surface area contributed by atoms with Gasteiger partial charge in [0.2, 0.25) is 0 Å². The standard InChI is InChI=1S/C12H12N2O2/c1-7-9(13)11(12(15)16)14-10(7)8-5-3-2-4-6-8/h2-6,14H,13H2,1H3,(H,15,16). The van der Waals surface area contributed by atoms with Crippen LogP contribution >= 0.6 is 0 Å². The minimum absolute atomic E-state index is 0.0522. The van der Waals surface area contributed by atoms with Crippen LogP contribution in [0.25, 0.3) is 11.3 Å². The molecule has 1 heterocycles. The molecule has 0 saturated carbocycles. The summed E-state index contributed by atoms with van der Waals surface area (Å²) in [4.78, 5) is 13.7. The van der Waals surface area contributed by atoms with Gasteiger partial charge >= 0.3 is 5.97 Å². The number of carboxylic acid groups (broad SMARTS) is 1. The molecule has 4 N–H and O–H groups in total. The summed E-state index contributed by atoms with van der Waals surface area (Å²) in [7, 11) is 0. The summed E-state index contributed by atoms with van der Waals surface area (Å²) in [6, 6.07) is 9.51. The minimum atomic E-state index is -1.04. The Kier molecular flexibility index (Phi) is 2.40. The zero-order valence-corrected chi connectivity index (χ0v) is 8.82. The van der Waals surface area contributed by atoms with Gasteiger partial charge in [0, 0.05) is 0 Å². The third-order valence-electron chi connectivity index (χ3n) is 2.57. The molecule has 0 unspecified atom stereocenters. The molecule has 0 aliphatic carbocycles. The number of nitrogens with one attached hydrogen (secondary N) is 1. The smallest absolute Gasteiger partial charge is 0.354 e. The number of rotatable bonds is 2. The van der Waals surface area contributed by atoms with Crippen molar-refractivity contribution in [3.63, 3.8) is 0 Å². The lowest BCUT2D eigenvalue weighted by Gasteiger charge is -1.99. The summed E-state index contributed by atoms with van der Waals surface area (Å²) in [5.41, 5.74) is 8.54. The number of anilines is 1. The van der Waals surface area contributed by atoms with Crippen LogP contribution in [-0.2, 0) is 0 Å². The van der Waals surface area contributed by atoms with Crippen molar-refractivity contribution in [3.05, 3.63) is 41.6 Å². The molecule has 4 heteroatoms. The van der Waals surface area contributed by atoms with Crippen LogP contribution in [0.3, 0.4) is 0 Å². The number of benzene rings is 1. The fourth-order valence-electron chi connectivity index (χ4n) is 1.67. The lowest BCUT2D eigenvalue weighted by molar-refractivity contribution is 0.0692. The van der Waals surface area contributed by atoms with Crippen molar-refractivity contribution in [1.82, 2.24) is 4.98 Å². The first kappa shape index (κ1) is 10.3. The lowest BCUT2D eigenvalue weighted by Crippen LogP contribution is -2.01. The van der Waals surface area contributed by atoms with Gasteiger partial charge in [-0.25, -0.2) is 4.79 Å². The molecule has 4 nitrogen and oxygen atoms in total. The van der Waals surface area contributed by atoms with Gasteiger partial charge in [-0.05, 0) is 18.1 Å². The van der Waals surface area contributed by atoms with E-state index < -0.39 is 5.97 Å². The van der Waals surface area contributed by atoms with E-state index in [2.05, 4.69) is 4.98 Å². The third kappa shape index (κ3) is 1.54. The second-order valence-electron chi connectivity index (χ2n) is 3.58. The largest absolute Gasteiger partial charge is 0.477 e. The Bertz CT molecular complexity index is 529. The first-order valence-corrected chi connectivity index (χ1v) is 4.88. The zero-order chi connectivity index (χ0) is 11.7. The molecule has 0 amide bonds. The van der Waals surface area contributed by atoms with Gasteiger partial charge in [0.1, 0.15) is 5.69 Å². The highest BCUT2D eigenvalue weighted by Crippen LogP contribution is 2.29. The van der Waals surface area contributed by atoms with Crippen LogP contribution < -0.4 is 5.73 Å². The summed E-state index contributed by atoms with van der Waals surface area (Å²) < 4.78 is 0. The summed E-state index contributed by atoms with van der Waals surface area (Å²) in [5, 5.41) is 8.94. The van der Waals surface area contributed by atoms with Crippen LogP contribution in [-0.4, -0.2) is 16.1 Å². The number of hydrogen-bond acceptors (Lipinski definition) is 2. The first-order valence-electron chi connectivity index (χ1n) is 4.88. The van der Waals surface area contributed by atoms with Crippen molar-refractivity contribution >= 4 is 11.7 Å². The van der Waals surface area contributed by atoms with Gasteiger partial charge in [-0.3, -0.25) is 0 Å². The van der Waals surface area contributed by atoms with E-state index in [1.807, 2.05) is 30.3 Å². The highest BCUT2D eigenvalue weighted by Gasteiger charge is 2.17. The van der Waals surface area contributed by atoms with Crippen LogP contribution in [0.2, 0.25) is 0 Å². The Morgan fingerprint density at radius 3 is 2.44 bits per heavy atom. The second kappa shape index (κ2) is 3.73. The maximum Gasteiger partial charge on any atom is 0.354 e. The molecule has 16 heavy (non-hydrogen) atoms. The molecule has 0 fully saturated rings. The Balaban J connectivity index is 2.60. The number of aromatic nitrogens is 1. The van der Waals surface area contributed by atoms with Crippen LogP contribution in [0.1, 0.15) is 16.1 Å². The first-order chi connectivity index (χ1) is 7.61. The fourth-order valence-corrected chi connectivity index (χ4v) is 1.67. The van der Waals surface area contributed by atoms with E-state index in [4.69, 9.17) is 10.8 Å². The van der Waals surface area contributed by atoms with Gasteiger partial charge in [0.25, 0.3) is 0 Å². The average Bonchev–Trinajstić information content (AvgIpc) is 2.58. The Labute approximate surface area is 92.7 Å². The summed E-state index contributed by atoms with van der Waals surface area (Å²) >= 11 is 0. The highest BCUT2D eigenvalue weighted by atomic mass is 16.4. The Morgan fingerprint density at radius 1 is 1.31 bits per heavy atom. The number of aromatic carboxylic acids is 1. The van der Waals surface area contributed by atoms with E-state index in [-0.39, 0.29) is 5.69 Å². The van der Waals surface area contributed by atoms with Gasteiger partial charge in [0.05, 0.1) is 11.4 Å². The van der Waals surface area contributed by atoms with Crippen molar-refractivity contribution in [1.29, 1.82) is 0 Å². The van der Waals surface area contributed by atoms with Crippen molar-refractivity contribution in [3.8, 4) is 11.3 Å². The quantitative estimate of drug-likeness (QED) is 0.720. The molecule has 1 aromatic heterocycles. The molecule has 1 aromatic carbocycles. The summed E-state index contributed by atoms with van der Waals surface area (Å²) in [6.45, 7) is 1.81. The topological polar surface area (TPSA) is 79.1 Å². The lowest BCUT2D eigenvalue weighted by atomic mass is 10.1. The number of aromatic amines is 1. The normalized spacial score (nSPS) is 10.3. The minimum Gasteiger partial charge on any atom is -0.477 e. The maximum atomic E-state index is 10.9. The van der Waals surface area contributed by atoms with Gasteiger partial charge in [-0.15, -0.1) is 0 Å². The molecular weight excluding hydrogens is 204 g/mol. The fraction of sp³-hybridized carbons (Fsp3) is 0.0833. The monoisotopic (exact) mass is 216 g/mol. The molecule has 0 aliphatic rings. The van der Waals surface area contributed by atoms with Crippen molar-refractivity contribution in [2.24, 2.45) is 0 Å². The highest BCUT2D eigenvalue weighted by molar-refractivity contribution is 5.95. The molecule has 2 aromatic rings. The predicted molar refractivity (Wildman–Crippen MR) is 62.3 cm³/mol. The van der Waals surface area contributed by atoms with E-state index in [1.165, 1.54) is 0 Å². The number of hydrogen-bond donors (Lipinski definition) is 3. The van der Waals surface area contributed by atoms with Crippen LogP contribution in [0.5, 0.6) is 0 Å². The number of nitrogens with two attached hydrogens (primary N) is 1. The molecule has 0 saturated heterocycles. The van der Waals surface area contributed by atoms with E-state index in [0.717, 1.165) is 16.8 Å². The van der Waals surface area contributed by atoms with E-state index in [0.29, 0.717) is 5.69 Å². The van der Waals surface area contributed by atoms with Crippen molar-refractivity contribution in [2.75, 3.05) is 5.73 Å². The Morgan fingerprint density at radius 2 is 1.94 bits per heavy atom. The van der Waals surface area contributed by atoms with Crippen LogP contribution in [0.4, 0.5) is 5.69 Å². The summed E-state index contributed by atoms with van der Waals surface area (Å²) in [6.07, 6.45) is 0. The van der Waals surface area contributed by atoms with Crippen LogP contribution in [0, 0.1) is 6.92 Å². The summed E-state index contributed by atoms with van der Waals surface area (Å²) in [5.74, 6) is -1.04. The van der Waals surface area contributed by atoms with Crippen LogP contribution in [0.15, 0.2) is 30.3 Å². The van der Waals surface area contributed by atoms with Gasteiger partial charge in [0.15, 0.2) is 0 Å². The second-order valence-corrected chi connectivity index (χ2v) is 3.58. The SMILES string of the molecule is Cc1c(-c2ccccc2)[nH]c(C(=O)O)c1N. The zero-order valence-electron chi connectivity index (χ0n) is 8.82. The number of H-pyrrole nitrogens is 1. The maximum absolute atomic E-state index is 10.9. The van der Waals surface area contributed by atoms with E-state index >= 15 is 0 Å². The molecule has 0 atom stereocenters. The van der Waals surface area contributed by atoms with E-state index in [1.54, 1.807) is 6.92 Å². The molecule has 0 aliphatic heterocycles. The van der Waals surface area contributed by atoms with Gasteiger partial charge < -0.3 is 15.8 Å². The van der Waals surface area contributed by atoms with E-state index in [9.17, 15) is 4.79 Å². The molecule has 0 radical (unpaired) electrons. The average molecular weight is 216 g/mol. The predicted octanol–water partition coefficient (Wildman–Crippen LogP) is 2.27. The number of carbonyl (C=O) groups is 1. The third-order valence-corrected chi connectivity index (χ3v) is 2.57. The van der Waals surface area contributed by atoms with Gasteiger partial charge in [-0.1, -0.05) is 30.3 Å². The molecule has 0 bridgehead atoms. The van der Waals surface area contributed by atoms with Gasteiger partial charge in [-0.2, -0.15) is 0 Å². The number of nitrogen functional groups attached to an aromatic ring is 1. The molecular formula is C12H12N2O2. The van der Waals surface area contributed by atoms with Crippen molar-refractivity contribution in [2.45, 2.75) is 6.92 Å².